The van der Waals surface area contributed by atoms with Gasteiger partial charge >= 0.3 is 0 Å². The first-order chi connectivity index (χ1) is 4.95. The molecule has 0 saturated heterocycles. The molecule has 0 unspecified atom stereocenters. The van der Waals surface area contributed by atoms with Crippen molar-refractivity contribution >= 4 is 23.1 Å². The second-order valence-electron chi connectivity index (χ2n) is 2.14. The summed E-state index contributed by atoms with van der Waals surface area (Å²) < 4.78 is 0. The molecule has 0 aliphatic carbocycles. The number of ketones is 4. The Bertz CT molecular complexity index is 203. The molecular weight excluding hydrogens is 148 g/mol. The first-order valence-corrected chi connectivity index (χ1v) is 3.02. The third kappa shape index (κ3) is 3.40. The Labute approximate surface area is 63.6 Å². The smallest absolute Gasteiger partial charge is 0.205 e. The van der Waals surface area contributed by atoms with Crippen LogP contribution in [0.4, 0.5) is 0 Å². The van der Waals surface area contributed by atoms with Crippen LogP contribution in [0.15, 0.2) is 0 Å². The van der Waals surface area contributed by atoms with E-state index >= 15 is 0 Å². The van der Waals surface area contributed by atoms with Gasteiger partial charge in [-0.15, -0.1) is 0 Å². The zero-order valence-electron chi connectivity index (χ0n) is 6.34. The molecule has 0 radical (unpaired) electrons. The molecule has 0 heterocycles. The Morgan fingerprint density at radius 1 is 0.818 bits per heavy atom. The van der Waals surface area contributed by atoms with Crippen molar-refractivity contribution in [2.45, 2.75) is 20.3 Å². The van der Waals surface area contributed by atoms with Crippen molar-refractivity contribution < 1.29 is 19.2 Å². The van der Waals surface area contributed by atoms with E-state index < -0.39 is 29.6 Å². The SMILES string of the molecule is CC(=O)C(=O)CC(=O)C(C)=O. The molecule has 0 spiro atoms. The number of Topliss-reactive ketones (excluding diaryl/α,β-unsaturated/α-hetero) is 4. The summed E-state index contributed by atoms with van der Waals surface area (Å²) in [5.74, 6) is -3.02. The monoisotopic (exact) mass is 156 g/mol. The Morgan fingerprint density at radius 3 is 1.27 bits per heavy atom. The van der Waals surface area contributed by atoms with Gasteiger partial charge in [-0.05, 0) is 0 Å². The van der Waals surface area contributed by atoms with E-state index in [1.54, 1.807) is 0 Å². The molecule has 0 aromatic heterocycles. The van der Waals surface area contributed by atoms with E-state index in [0.717, 1.165) is 13.8 Å². The third-order valence-electron chi connectivity index (χ3n) is 1.11. The van der Waals surface area contributed by atoms with Gasteiger partial charge in [-0.2, -0.15) is 0 Å². The van der Waals surface area contributed by atoms with E-state index in [1.165, 1.54) is 0 Å². The van der Waals surface area contributed by atoms with Crippen molar-refractivity contribution in [2.24, 2.45) is 0 Å². The lowest BCUT2D eigenvalue weighted by molar-refractivity contribution is -0.141. The van der Waals surface area contributed by atoms with Crippen LogP contribution in [0.3, 0.4) is 0 Å². The standard InChI is InChI=1S/C7H8O4/c1-4(8)6(10)3-7(11)5(2)9/h3H2,1-2H3. The van der Waals surface area contributed by atoms with Crippen LogP contribution in [0.25, 0.3) is 0 Å². The number of hydrogen-bond donors (Lipinski definition) is 0. The first-order valence-electron chi connectivity index (χ1n) is 3.02. The van der Waals surface area contributed by atoms with E-state index in [0.29, 0.717) is 0 Å². The molecule has 60 valence electrons. The molecule has 0 amide bonds. The van der Waals surface area contributed by atoms with Crippen LogP contribution in [0, 0.1) is 0 Å². The van der Waals surface area contributed by atoms with E-state index in [1.807, 2.05) is 0 Å². The molecule has 11 heavy (non-hydrogen) atoms. The summed E-state index contributed by atoms with van der Waals surface area (Å²) in [5, 5.41) is 0. The number of carbonyl (C=O) groups is 4. The molecule has 0 fully saturated rings. The molecule has 0 atom stereocenters. The average Bonchev–Trinajstić information content (AvgIpc) is 1.87. The van der Waals surface area contributed by atoms with Gasteiger partial charge in [0.2, 0.25) is 11.6 Å². The maximum absolute atomic E-state index is 10.5. The lowest BCUT2D eigenvalue weighted by atomic mass is 10.1. The highest BCUT2D eigenvalue weighted by Crippen LogP contribution is 1.88. The zero-order chi connectivity index (χ0) is 9.02. The fraction of sp³-hybridized carbons (Fsp3) is 0.429. The van der Waals surface area contributed by atoms with Gasteiger partial charge in [-0.25, -0.2) is 0 Å². The van der Waals surface area contributed by atoms with Crippen molar-refractivity contribution in [1.29, 1.82) is 0 Å². The highest BCUT2D eigenvalue weighted by molar-refractivity contribution is 6.47. The maximum Gasteiger partial charge on any atom is 0.205 e. The minimum Gasteiger partial charge on any atom is -0.291 e. The quantitative estimate of drug-likeness (QED) is 0.413. The van der Waals surface area contributed by atoms with Gasteiger partial charge in [0.1, 0.15) is 0 Å². The van der Waals surface area contributed by atoms with Crippen molar-refractivity contribution in [1.82, 2.24) is 0 Å². The predicted octanol–water partition coefficient (Wildman–Crippen LogP) is -0.307. The van der Waals surface area contributed by atoms with E-state index in [4.69, 9.17) is 0 Å². The highest BCUT2D eigenvalue weighted by atomic mass is 16.2. The van der Waals surface area contributed by atoms with Crippen LogP contribution in [0.1, 0.15) is 20.3 Å². The van der Waals surface area contributed by atoms with Crippen molar-refractivity contribution in [3.8, 4) is 0 Å². The summed E-state index contributed by atoms with van der Waals surface area (Å²) >= 11 is 0. The van der Waals surface area contributed by atoms with Crippen molar-refractivity contribution in [2.75, 3.05) is 0 Å². The van der Waals surface area contributed by atoms with Gasteiger partial charge < -0.3 is 0 Å². The van der Waals surface area contributed by atoms with Crippen LogP contribution in [-0.4, -0.2) is 23.1 Å². The summed E-state index contributed by atoms with van der Waals surface area (Å²) in [4.78, 5) is 41.6. The summed E-state index contributed by atoms with van der Waals surface area (Å²) in [7, 11) is 0. The second-order valence-corrected chi connectivity index (χ2v) is 2.14. The van der Waals surface area contributed by atoms with Gasteiger partial charge in [0.25, 0.3) is 0 Å². The number of carbonyl (C=O) groups excluding carboxylic acids is 4. The molecule has 0 aromatic rings. The zero-order valence-corrected chi connectivity index (χ0v) is 6.34. The molecule has 4 nitrogen and oxygen atoms in total. The maximum atomic E-state index is 10.5. The Kier molecular flexibility index (Phi) is 3.30. The summed E-state index contributed by atoms with van der Waals surface area (Å²) in [5.41, 5.74) is 0. The van der Waals surface area contributed by atoms with Gasteiger partial charge in [0.05, 0.1) is 6.42 Å². The predicted molar refractivity (Wildman–Crippen MR) is 36.0 cm³/mol. The van der Waals surface area contributed by atoms with Crippen LogP contribution >= 0.6 is 0 Å². The van der Waals surface area contributed by atoms with Crippen molar-refractivity contribution in [3.63, 3.8) is 0 Å². The van der Waals surface area contributed by atoms with Crippen molar-refractivity contribution in [3.05, 3.63) is 0 Å². The fourth-order valence-electron chi connectivity index (χ4n) is 0.395. The first kappa shape index (κ1) is 9.68. The Balaban J connectivity index is 4.07. The molecule has 0 aromatic carbocycles. The number of rotatable bonds is 4. The minimum absolute atomic E-state index is 0.593. The van der Waals surface area contributed by atoms with Crippen LogP contribution in [0.2, 0.25) is 0 Å². The second kappa shape index (κ2) is 3.75. The lowest BCUT2D eigenvalue weighted by Crippen LogP contribution is -2.19. The third-order valence-corrected chi connectivity index (χ3v) is 1.11. The molecule has 0 bridgehead atoms. The van der Waals surface area contributed by atoms with E-state index in [2.05, 4.69) is 0 Å². The molecule has 0 saturated carbocycles. The van der Waals surface area contributed by atoms with Gasteiger partial charge in [-0.3, -0.25) is 19.2 Å². The number of hydrogen-bond acceptors (Lipinski definition) is 4. The molecular formula is C7H8O4. The summed E-state index contributed by atoms with van der Waals surface area (Å²) in [6.45, 7) is 2.13. The van der Waals surface area contributed by atoms with Crippen LogP contribution < -0.4 is 0 Å². The topological polar surface area (TPSA) is 68.3 Å². The van der Waals surface area contributed by atoms with E-state index in [-0.39, 0.29) is 0 Å². The summed E-state index contributed by atoms with van der Waals surface area (Å²) in [6, 6.07) is 0. The Morgan fingerprint density at radius 2 is 1.09 bits per heavy atom. The fourth-order valence-corrected chi connectivity index (χ4v) is 0.395. The lowest BCUT2D eigenvalue weighted by Gasteiger charge is -1.90. The highest BCUT2D eigenvalue weighted by Gasteiger charge is 2.16. The van der Waals surface area contributed by atoms with E-state index in [9.17, 15) is 19.2 Å². The minimum atomic E-state index is -0.815. The Hall–Kier alpha value is -1.32. The molecule has 0 rings (SSSR count). The largest absolute Gasteiger partial charge is 0.291 e. The van der Waals surface area contributed by atoms with Crippen LogP contribution in [-0.2, 0) is 19.2 Å². The van der Waals surface area contributed by atoms with Gasteiger partial charge in [0, 0.05) is 13.8 Å². The van der Waals surface area contributed by atoms with Gasteiger partial charge in [0.15, 0.2) is 11.6 Å². The normalized spacial score (nSPS) is 8.91. The summed E-state index contributed by atoms with van der Waals surface area (Å²) in [6.07, 6.45) is -0.593. The van der Waals surface area contributed by atoms with Gasteiger partial charge in [-0.1, -0.05) is 0 Å². The molecule has 0 aliphatic heterocycles. The molecule has 0 aliphatic rings. The average molecular weight is 156 g/mol. The molecule has 0 N–H and O–H groups in total. The molecule has 4 heteroatoms. The van der Waals surface area contributed by atoms with Crippen LogP contribution in [0.5, 0.6) is 0 Å².